The highest BCUT2D eigenvalue weighted by atomic mass is 16.2. The lowest BCUT2D eigenvalue weighted by Gasteiger charge is -2.22. The van der Waals surface area contributed by atoms with Gasteiger partial charge in [-0.05, 0) is 37.1 Å². The molecule has 2 amide bonds. The first-order chi connectivity index (χ1) is 10.5. The zero-order chi connectivity index (χ0) is 16.1. The topological polar surface area (TPSA) is 49.4 Å². The van der Waals surface area contributed by atoms with Gasteiger partial charge in [-0.15, -0.1) is 0 Å². The summed E-state index contributed by atoms with van der Waals surface area (Å²) in [5.41, 5.74) is 3.47. The number of para-hydroxylation sites is 2. The van der Waals surface area contributed by atoms with E-state index < -0.39 is 0 Å². The van der Waals surface area contributed by atoms with Crippen LogP contribution in [0.2, 0.25) is 0 Å². The monoisotopic (exact) mass is 296 g/mol. The number of hydrogen-bond donors (Lipinski definition) is 1. The predicted octanol–water partition coefficient (Wildman–Crippen LogP) is 3.30. The molecule has 0 fully saturated rings. The lowest BCUT2D eigenvalue weighted by molar-refractivity contribution is -0.120. The fourth-order valence-electron chi connectivity index (χ4n) is 2.28. The quantitative estimate of drug-likeness (QED) is 0.941. The van der Waals surface area contributed by atoms with Crippen LogP contribution in [0, 0.1) is 13.8 Å². The van der Waals surface area contributed by atoms with E-state index in [1.165, 1.54) is 11.8 Å². The lowest BCUT2D eigenvalue weighted by Crippen LogP contribution is -2.37. The summed E-state index contributed by atoms with van der Waals surface area (Å²) in [6.07, 6.45) is 0. The van der Waals surface area contributed by atoms with Crippen LogP contribution in [0.5, 0.6) is 0 Å². The average molecular weight is 296 g/mol. The van der Waals surface area contributed by atoms with Gasteiger partial charge in [0, 0.05) is 18.3 Å². The first-order valence-electron chi connectivity index (χ1n) is 7.18. The van der Waals surface area contributed by atoms with Crippen LogP contribution in [0.1, 0.15) is 18.1 Å². The molecule has 0 heterocycles. The molecule has 4 nitrogen and oxygen atoms in total. The van der Waals surface area contributed by atoms with Gasteiger partial charge in [0.1, 0.15) is 6.54 Å². The van der Waals surface area contributed by atoms with E-state index in [2.05, 4.69) is 5.32 Å². The van der Waals surface area contributed by atoms with E-state index in [9.17, 15) is 9.59 Å². The maximum absolute atomic E-state index is 12.3. The molecule has 0 saturated carbocycles. The van der Waals surface area contributed by atoms with E-state index >= 15 is 0 Å². The largest absolute Gasteiger partial charge is 0.324 e. The van der Waals surface area contributed by atoms with Crippen molar-refractivity contribution in [3.05, 3.63) is 59.7 Å². The van der Waals surface area contributed by atoms with Crippen molar-refractivity contribution in [2.75, 3.05) is 16.8 Å². The Balaban J connectivity index is 2.15. The van der Waals surface area contributed by atoms with Crippen LogP contribution < -0.4 is 10.2 Å². The molecule has 2 rings (SSSR count). The molecule has 0 aliphatic rings. The SMILES string of the molecule is CC(=O)N(CC(=O)Nc1ccccc1C)c1ccccc1C. The van der Waals surface area contributed by atoms with Gasteiger partial charge in [0.05, 0.1) is 0 Å². The standard InChI is InChI=1S/C18H20N2O2/c1-13-8-4-6-10-16(13)19-18(22)12-20(15(3)21)17-11-7-5-9-14(17)2/h4-11H,12H2,1-3H3,(H,19,22). The van der Waals surface area contributed by atoms with Crippen molar-refractivity contribution < 1.29 is 9.59 Å². The maximum Gasteiger partial charge on any atom is 0.244 e. The molecule has 0 radical (unpaired) electrons. The zero-order valence-electron chi connectivity index (χ0n) is 13.1. The summed E-state index contributed by atoms with van der Waals surface area (Å²) >= 11 is 0. The number of hydrogen-bond acceptors (Lipinski definition) is 2. The third-order valence-electron chi connectivity index (χ3n) is 3.51. The number of carbonyl (C=O) groups excluding carboxylic acids is 2. The smallest absolute Gasteiger partial charge is 0.244 e. The second kappa shape index (κ2) is 6.89. The van der Waals surface area contributed by atoms with Gasteiger partial charge in [0.25, 0.3) is 0 Å². The third-order valence-corrected chi connectivity index (χ3v) is 3.51. The van der Waals surface area contributed by atoms with Crippen LogP contribution in [-0.2, 0) is 9.59 Å². The van der Waals surface area contributed by atoms with Gasteiger partial charge in [-0.3, -0.25) is 9.59 Å². The van der Waals surface area contributed by atoms with E-state index in [1.807, 2.05) is 62.4 Å². The van der Waals surface area contributed by atoms with Gasteiger partial charge >= 0.3 is 0 Å². The normalized spacial score (nSPS) is 10.1. The highest BCUT2D eigenvalue weighted by Crippen LogP contribution is 2.20. The Morgan fingerprint density at radius 2 is 1.55 bits per heavy atom. The van der Waals surface area contributed by atoms with E-state index in [0.717, 1.165) is 22.5 Å². The van der Waals surface area contributed by atoms with Crippen LogP contribution >= 0.6 is 0 Å². The maximum atomic E-state index is 12.3. The molecule has 22 heavy (non-hydrogen) atoms. The van der Waals surface area contributed by atoms with Crippen LogP contribution in [0.4, 0.5) is 11.4 Å². The Morgan fingerprint density at radius 3 is 2.14 bits per heavy atom. The second-order valence-corrected chi connectivity index (χ2v) is 5.25. The molecule has 0 bridgehead atoms. The third kappa shape index (κ3) is 3.73. The minimum absolute atomic E-state index is 0.00544. The van der Waals surface area contributed by atoms with Gasteiger partial charge in [-0.1, -0.05) is 36.4 Å². The summed E-state index contributed by atoms with van der Waals surface area (Å²) in [7, 11) is 0. The highest BCUT2D eigenvalue weighted by Gasteiger charge is 2.17. The van der Waals surface area contributed by atoms with Gasteiger partial charge in [-0.25, -0.2) is 0 Å². The number of carbonyl (C=O) groups is 2. The first-order valence-corrected chi connectivity index (χ1v) is 7.18. The minimum atomic E-state index is -0.215. The molecule has 0 aliphatic heterocycles. The number of aryl methyl sites for hydroxylation is 2. The van der Waals surface area contributed by atoms with Gasteiger partial charge in [0.2, 0.25) is 11.8 Å². The fraction of sp³-hybridized carbons (Fsp3) is 0.222. The number of rotatable bonds is 4. The average Bonchev–Trinajstić information content (AvgIpc) is 2.48. The number of benzene rings is 2. The summed E-state index contributed by atoms with van der Waals surface area (Å²) in [5, 5.41) is 2.85. The Kier molecular flexibility index (Phi) is 4.94. The summed E-state index contributed by atoms with van der Waals surface area (Å²) < 4.78 is 0. The fourth-order valence-corrected chi connectivity index (χ4v) is 2.28. The van der Waals surface area contributed by atoms with Crippen molar-refractivity contribution in [3.63, 3.8) is 0 Å². The van der Waals surface area contributed by atoms with Crippen molar-refractivity contribution in [1.29, 1.82) is 0 Å². The number of nitrogens with zero attached hydrogens (tertiary/aromatic N) is 1. The molecule has 0 atom stereocenters. The molecule has 0 aliphatic carbocycles. The molecular formula is C18H20N2O2. The Hall–Kier alpha value is -2.62. The van der Waals surface area contributed by atoms with Crippen molar-refractivity contribution in [2.24, 2.45) is 0 Å². The summed E-state index contributed by atoms with van der Waals surface area (Å²) in [5.74, 6) is -0.373. The molecule has 2 aromatic carbocycles. The number of nitrogens with one attached hydrogen (secondary N) is 1. The highest BCUT2D eigenvalue weighted by molar-refractivity contribution is 6.02. The van der Waals surface area contributed by atoms with E-state index in [4.69, 9.17) is 0 Å². The molecule has 4 heteroatoms. The molecule has 1 N–H and O–H groups in total. The van der Waals surface area contributed by atoms with Crippen molar-refractivity contribution in [2.45, 2.75) is 20.8 Å². The van der Waals surface area contributed by atoms with Crippen LogP contribution in [0.15, 0.2) is 48.5 Å². The summed E-state index contributed by atoms with van der Waals surface area (Å²) in [6, 6.07) is 15.1. The molecule has 0 aromatic heterocycles. The summed E-state index contributed by atoms with van der Waals surface area (Å²) in [4.78, 5) is 25.6. The van der Waals surface area contributed by atoms with E-state index in [0.29, 0.717) is 0 Å². The Bertz CT molecular complexity index is 695. The molecule has 2 aromatic rings. The Labute approximate surface area is 130 Å². The lowest BCUT2D eigenvalue weighted by atomic mass is 10.1. The molecular weight excluding hydrogens is 276 g/mol. The molecule has 114 valence electrons. The van der Waals surface area contributed by atoms with Crippen LogP contribution in [0.3, 0.4) is 0 Å². The predicted molar refractivity (Wildman–Crippen MR) is 89.0 cm³/mol. The van der Waals surface area contributed by atoms with Crippen molar-refractivity contribution in [1.82, 2.24) is 0 Å². The second-order valence-electron chi connectivity index (χ2n) is 5.25. The molecule has 0 spiro atoms. The van der Waals surface area contributed by atoms with Crippen molar-refractivity contribution in [3.8, 4) is 0 Å². The van der Waals surface area contributed by atoms with E-state index in [1.54, 1.807) is 0 Å². The molecule has 0 unspecified atom stereocenters. The van der Waals surface area contributed by atoms with E-state index in [-0.39, 0.29) is 18.4 Å². The van der Waals surface area contributed by atoms with Crippen LogP contribution in [0.25, 0.3) is 0 Å². The first kappa shape index (κ1) is 15.8. The van der Waals surface area contributed by atoms with Gasteiger partial charge in [-0.2, -0.15) is 0 Å². The van der Waals surface area contributed by atoms with Crippen LogP contribution in [-0.4, -0.2) is 18.4 Å². The summed E-state index contributed by atoms with van der Waals surface area (Å²) in [6.45, 7) is 5.31. The number of anilines is 2. The molecule has 0 saturated heterocycles. The van der Waals surface area contributed by atoms with Gasteiger partial charge in [0.15, 0.2) is 0 Å². The zero-order valence-corrected chi connectivity index (χ0v) is 13.1. The van der Waals surface area contributed by atoms with Gasteiger partial charge < -0.3 is 10.2 Å². The van der Waals surface area contributed by atoms with Crippen molar-refractivity contribution >= 4 is 23.2 Å². The Morgan fingerprint density at radius 1 is 0.955 bits per heavy atom. The minimum Gasteiger partial charge on any atom is -0.324 e. The number of amides is 2.